The Morgan fingerprint density at radius 2 is 2.00 bits per heavy atom. The molecule has 136 valence electrons. The standard InChI is InChI=1S/C19H23N5O2/c1-12-4-2-3-5-16(12)24-11-13-10-20-18(22-17(13)23-19(24)26)21-14-6-8-15(25)9-7-14/h2-5,10,14-15,25H,6-9,11H2,1H3,(H2,20,21,22,23,26). The van der Waals surface area contributed by atoms with E-state index in [0.29, 0.717) is 18.3 Å². The minimum atomic E-state index is -0.191. The first-order valence-electron chi connectivity index (χ1n) is 9.05. The van der Waals surface area contributed by atoms with E-state index in [1.165, 1.54) is 0 Å². The van der Waals surface area contributed by atoms with Crippen LogP contribution in [0.3, 0.4) is 0 Å². The Labute approximate surface area is 152 Å². The summed E-state index contributed by atoms with van der Waals surface area (Å²) in [5, 5.41) is 15.8. The van der Waals surface area contributed by atoms with Gasteiger partial charge in [-0.25, -0.2) is 9.78 Å². The third-order valence-corrected chi connectivity index (χ3v) is 5.10. The molecular formula is C19H23N5O2. The van der Waals surface area contributed by atoms with Crippen LogP contribution < -0.4 is 15.5 Å². The number of aryl methyl sites for hydroxylation is 1. The SMILES string of the molecule is Cc1ccccc1N1Cc2cnc(NC3CCC(O)CC3)nc2NC1=O. The highest BCUT2D eigenvalue weighted by atomic mass is 16.3. The van der Waals surface area contributed by atoms with Gasteiger partial charge in [-0.15, -0.1) is 0 Å². The van der Waals surface area contributed by atoms with Crippen molar-refractivity contribution in [1.29, 1.82) is 0 Å². The topological polar surface area (TPSA) is 90.4 Å². The van der Waals surface area contributed by atoms with Crippen LogP contribution in [0.5, 0.6) is 0 Å². The fourth-order valence-electron chi connectivity index (χ4n) is 3.57. The molecule has 0 saturated heterocycles. The van der Waals surface area contributed by atoms with E-state index in [-0.39, 0.29) is 18.2 Å². The number of anilines is 3. The number of aliphatic hydroxyl groups is 1. The average Bonchev–Trinajstić information content (AvgIpc) is 2.64. The molecule has 0 spiro atoms. The number of aromatic nitrogens is 2. The fraction of sp³-hybridized carbons (Fsp3) is 0.421. The lowest BCUT2D eigenvalue weighted by atomic mass is 9.93. The zero-order valence-electron chi connectivity index (χ0n) is 14.8. The van der Waals surface area contributed by atoms with Gasteiger partial charge in [-0.2, -0.15) is 4.98 Å². The molecule has 1 aromatic heterocycles. The van der Waals surface area contributed by atoms with Gasteiger partial charge in [-0.1, -0.05) is 18.2 Å². The van der Waals surface area contributed by atoms with Gasteiger partial charge in [0.15, 0.2) is 0 Å². The van der Waals surface area contributed by atoms with Gasteiger partial charge in [0.1, 0.15) is 5.82 Å². The molecule has 1 aliphatic carbocycles. The van der Waals surface area contributed by atoms with E-state index in [4.69, 9.17) is 0 Å². The second kappa shape index (κ2) is 6.92. The van der Waals surface area contributed by atoms with Crippen molar-refractivity contribution in [2.24, 2.45) is 0 Å². The normalized spacial score (nSPS) is 22.5. The van der Waals surface area contributed by atoms with E-state index >= 15 is 0 Å². The number of carbonyl (C=O) groups excluding carboxylic acids is 1. The molecule has 0 radical (unpaired) electrons. The van der Waals surface area contributed by atoms with Crippen LogP contribution in [0.1, 0.15) is 36.8 Å². The first-order chi connectivity index (χ1) is 12.6. The number of carbonyl (C=O) groups is 1. The van der Waals surface area contributed by atoms with Crippen molar-refractivity contribution in [3.05, 3.63) is 41.6 Å². The van der Waals surface area contributed by atoms with Crippen molar-refractivity contribution < 1.29 is 9.90 Å². The zero-order chi connectivity index (χ0) is 18.1. The molecule has 7 nitrogen and oxygen atoms in total. The summed E-state index contributed by atoms with van der Waals surface area (Å²) in [7, 11) is 0. The monoisotopic (exact) mass is 353 g/mol. The Kier molecular flexibility index (Phi) is 4.46. The van der Waals surface area contributed by atoms with Gasteiger partial charge in [0.05, 0.1) is 12.6 Å². The third-order valence-electron chi connectivity index (χ3n) is 5.10. The molecule has 1 aliphatic heterocycles. The van der Waals surface area contributed by atoms with Crippen molar-refractivity contribution in [2.75, 3.05) is 15.5 Å². The molecular weight excluding hydrogens is 330 g/mol. The number of urea groups is 1. The average molecular weight is 353 g/mol. The molecule has 4 rings (SSSR count). The second-order valence-electron chi connectivity index (χ2n) is 7.02. The lowest BCUT2D eigenvalue weighted by Crippen LogP contribution is -2.39. The van der Waals surface area contributed by atoms with Crippen LogP contribution in [0.2, 0.25) is 0 Å². The zero-order valence-corrected chi connectivity index (χ0v) is 14.8. The molecule has 1 aromatic carbocycles. The number of rotatable bonds is 3. The van der Waals surface area contributed by atoms with E-state index in [1.807, 2.05) is 31.2 Å². The lowest BCUT2D eigenvalue weighted by Gasteiger charge is -2.30. The Morgan fingerprint density at radius 1 is 1.23 bits per heavy atom. The van der Waals surface area contributed by atoms with Crippen LogP contribution in [0.15, 0.2) is 30.5 Å². The third kappa shape index (κ3) is 3.35. The summed E-state index contributed by atoms with van der Waals surface area (Å²) < 4.78 is 0. The number of aliphatic hydroxyl groups excluding tert-OH is 1. The van der Waals surface area contributed by atoms with Gasteiger partial charge >= 0.3 is 6.03 Å². The highest BCUT2D eigenvalue weighted by Crippen LogP contribution is 2.29. The van der Waals surface area contributed by atoms with Crippen LogP contribution in [-0.4, -0.2) is 33.3 Å². The highest BCUT2D eigenvalue weighted by molar-refractivity contribution is 6.04. The van der Waals surface area contributed by atoms with E-state index in [1.54, 1.807) is 11.1 Å². The molecule has 2 amide bonds. The molecule has 7 heteroatoms. The van der Waals surface area contributed by atoms with E-state index in [9.17, 15) is 9.90 Å². The van der Waals surface area contributed by atoms with Crippen molar-refractivity contribution >= 4 is 23.5 Å². The minimum Gasteiger partial charge on any atom is -0.393 e. The van der Waals surface area contributed by atoms with Crippen molar-refractivity contribution in [3.63, 3.8) is 0 Å². The van der Waals surface area contributed by atoms with Crippen molar-refractivity contribution in [3.8, 4) is 0 Å². The molecule has 1 saturated carbocycles. The molecule has 2 aliphatic rings. The molecule has 26 heavy (non-hydrogen) atoms. The van der Waals surface area contributed by atoms with Gasteiger partial charge in [-0.3, -0.25) is 10.2 Å². The maximum atomic E-state index is 12.6. The van der Waals surface area contributed by atoms with Crippen LogP contribution in [-0.2, 0) is 6.54 Å². The number of benzene rings is 1. The molecule has 0 atom stereocenters. The largest absolute Gasteiger partial charge is 0.393 e. The predicted octanol–water partition coefficient (Wildman–Crippen LogP) is 3.05. The Morgan fingerprint density at radius 3 is 2.77 bits per heavy atom. The number of hydrogen-bond acceptors (Lipinski definition) is 5. The van der Waals surface area contributed by atoms with Gasteiger partial charge in [0.25, 0.3) is 0 Å². The number of amides is 2. The number of para-hydroxylation sites is 1. The maximum absolute atomic E-state index is 12.6. The van der Waals surface area contributed by atoms with Gasteiger partial charge in [0.2, 0.25) is 5.95 Å². The summed E-state index contributed by atoms with van der Waals surface area (Å²) >= 11 is 0. The number of hydrogen-bond donors (Lipinski definition) is 3. The van der Waals surface area contributed by atoms with Crippen molar-refractivity contribution in [1.82, 2.24) is 9.97 Å². The summed E-state index contributed by atoms with van der Waals surface area (Å²) in [5.74, 6) is 1.09. The summed E-state index contributed by atoms with van der Waals surface area (Å²) in [5.41, 5.74) is 2.82. The molecule has 0 bridgehead atoms. The van der Waals surface area contributed by atoms with Crippen LogP contribution in [0.25, 0.3) is 0 Å². The minimum absolute atomic E-state index is 0.183. The van der Waals surface area contributed by atoms with Crippen molar-refractivity contribution in [2.45, 2.75) is 51.3 Å². The Hall–Kier alpha value is -2.67. The first-order valence-corrected chi connectivity index (χ1v) is 9.05. The Bertz CT molecular complexity index is 817. The number of nitrogens with one attached hydrogen (secondary N) is 2. The quantitative estimate of drug-likeness (QED) is 0.789. The fourth-order valence-corrected chi connectivity index (χ4v) is 3.57. The van der Waals surface area contributed by atoms with Crippen LogP contribution in [0.4, 0.5) is 22.2 Å². The molecule has 1 fully saturated rings. The van der Waals surface area contributed by atoms with Gasteiger partial charge in [0, 0.05) is 23.5 Å². The smallest absolute Gasteiger partial charge is 0.327 e. The number of nitrogens with zero attached hydrogens (tertiary/aromatic N) is 3. The highest BCUT2D eigenvalue weighted by Gasteiger charge is 2.27. The van der Waals surface area contributed by atoms with Gasteiger partial charge in [-0.05, 0) is 44.2 Å². The van der Waals surface area contributed by atoms with Crippen LogP contribution in [0, 0.1) is 6.92 Å². The van der Waals surface area contributed by atoms with Gasteiger partial charge < -0.3 is 10.4 Å². The summed E-state index contributed by atoms with van der Waals surface area (Å²) in [6.45, 7) is 2.44. The Balaban J connectivity index is 1.51. The molecule has 0 unspecified atom stereocenters. The lowest BCUT2D eigenvalue weighted by molar-refractivity contribution is 0.126. The summed E-state index contributed by atoms with van der Waals surface area (Å²) in [6, 6.07) is 7.89. The second-order valence-corrected chi connectivity index (χ2v) is 7.02. The van der Waals surface area contributed by atoms with E-state index in [2.05, 4.69) is 20.6 Å². The summed E-state index contributed by atoms with van der Waals surface area (Å²) in [6.07, 6.45) is 4.97. The van der Waals surface area contributed by atoms with Crippen LogP contribution >= 0.6 is 0 Å². The predicted molar refractivity (Wildman–Crippen MR) is 100 cm³/mol. The molecule has 2 heterocycles. The molecule has 3 N–H and O–H groups in total. The molecule has 2 aromatic rings. The van der Waals surface area contributed by atoms with E-state index in [0.717, 1.165) is 42.5 Å². The summed E-state index contributed by atoms with van der Waals surface area (Å²) in [4.78, 5) is 23.2. The number of fused-ring (bicyclic) bond motifs is 1. The van der Waals surface area contributed by atoms with E-state index < -0.39 is 0 Å². The maximum Gasteiger partial charge on any atom is 0.327 e. The first kappa shape index (κ1) is 16.8.